The van der Waals surface area contributed by atoms with E-state index >= 15 is 0 Å². The monoisotopic (exact) mass is 260 g/mol. The van der Waals surface area contributed by atoms with Crippen LogP contribution in [0.4, 0.5) is 0 Å². The number of rotatable bonds is 3. The Labute approximate surface area is 87.7 Å². The van der Waals surface area contributed by atoms with Gasteiger partial charge in [-0.25, -0.2) is 0 Å². The van der Waals surface area contributed by atoms with Gasteiger partial charge in [-0.2, -0.15) is 0 Å². The molecule has 0 aromatic heterocycles. The third kappa shape index (κ3) is 2.09. The van der Waals surface area contributed by atoms with Crippen molar-refractivity contribution in [2.75, 3.05) is 0 Å². The molecule has 0 amide bonds. The van der Waals surface area contributed by atoms with Crippen LogP contribution in [0.15, 0.2) is 44.3 Å². The summed E-state index contributed by atoms with van der Waals surface area (Å²) in [6.07, 6.45) is 15.0. The van der Waals surface area contributed by atoms with Gasteiger partial charge in [-0.05, 0) is 0 Å². The van der Waals surface area contributed by atoms with Gasteiger partial charge in [0.05, 0.1) is 0 Å². The topological polar surface area (TPSA) is 0 Å². The van der Waals surface area contributed by atoms with Gasteiger partial charge in [0.2, 0.25) is 0 Å². The first kappa shape index (κ1) is 9.15. The Balaban J connectivity index is 2.02. The fourth-order valence-electron chi connectivity index (χ4n) is 1.54. The van der Waals surface area contributed by atoms with Gasteiger partial charge in [-0.1, -0.05) is 0 Å². The summed E-state index contributed by atoms with van der Waals surface area (Å²) >= 11 is 0.371. The number of hydrogen-bond acceptors (Lipinski definition) is 0. The van der Waals surface area contributed by atoms with Crippen LogP contribution >= 0.6 is 0 Å². The molecular formula is C12H14Ru. The fraction of sp³-hybridized carbons (Fsp3) is 0.333. The molecule has 0 unspecified atom stereocenters. The van der Waals surface area contributed by atoms with Crippen molar-refractivity contribution in [2.45, 2.75) is 26.2 Å². The van der Waals surface area contributed by atoms with Crippen LogP contribution in [0.5, 0.6) is 0 Å². The average molecular weight is 259 g/mol. The van der Waals surface area contributed by atoms with E-state index in [0.717, 1.165) is 0 Å². The Morgan fingerprint density at radius 3 is 2.92 bits per heavy atom. The van der Waals surface area contributed by atoms with Gasteiger partial charge in [0, 0.05) is 0 Å². The molecule has 0 saturated carbocycles. The molecule has 0 atom stereocenters. The first-order valence-electron chi connectivity index (χ1n) is 4.77. The molecule has 0 aliphatic heterocycles. The Kier molecular flexibility index (Phi) is 2.95. The van der Waals surface area contributed by atoms with Gasteiger partial charge in [0.15, 0.2) is 0 Å². The van der Waals surface area contributed by atoms with Crippen molar-refractivity contribution in [3.05, 3.63) is 44.3 Å². The quantitative estimate of drug-likeness (QED) is 0.680. The molecule has 0 radical (unpaired) electrons. The average Bonchev–Trinajstić information content (AvgIpc) is 2.76. The van der Waals surface area contributed by atoms with Gasteiger partial charge >= 0.3 is 87.6 Å². The minimum absolute atomic E-state index is 0.371. The van der Waals surface area contributed by atoms with E-state index in [9.17, 15) is 0 Å². The van der Waals surface area contributed by atoms with Crippen molar-refractivity contribution in [1.82, 2.24) is 0 Å². The summed E-state index contributed by atoms with van der Waals surface area (Å²) < 4.78 is 3.39. The van der Waals surface area contributed by atoms with Crippen LogP contribution in [0.25, 0.3) is 0 Å². The summed E-state index contributed by atoms with van der Waals surface area (Å²) in [4.78, 5) is 0. The Morgan fingerprint density at radius 1 is 1.31 bits per heavy atom. The SMILES string of the molecule is CCC1=[C]([Ru][C]2=CC=CC2)CC=C1. The zero-order valence-electron chi connectivity index (χ0n) is 7.86. The molecule has 0 saturated heterocycles. The molecule has 0 nitrogen and oxygen atoms in total. The molecular weight excluding hydrogens is 245 g/mol. The summed E-state index contributed by atoms with van der Waals surface area (Å²) in [5.74, 6) is 0. The van der Waals surface area contributed by atoms with E-state index in [-0.39, 0.29) is 0 Å². The zero-order chi connectivity index (χ0) is 9.10. The number of allylic oxidation sites excluding steroid dienone is 8. The van der Waals surface area contributed by atoms with Crippen molar-refractivity contribution in [3.63, 3.8) is 0 Å². The molecule has 0 aromatic carbocycles. The summed E-state index contributed by atoms with van der Waals surface area (Å²) in [7, 11) is 0. The molecule has 2 aliphatic carbocycles. The molecule has 2 rings (SSSR count). The van der Waals surface area contributed by atoms with Gasteiger partial charge in [0.1, 0.15) is 0 Å². The van der Waals surface area contributed by atoms with E-state index < -0.39 is 0 Å². The third-order valence-corrected chi connectivity index (χ3v) is 4.91. The molecule has 0 bridgehead atoms. The summed E-state index contributed by atoms with van der Waals surface area (Å²) in [6.45, 7) is 2.26. The van der Waals surface area contributed by atoms with Gasteiger partial charge in [-0.15, -0.1) is 0 Å². The molecule has 0 heterocycles. The first-order valence-corrected chi connectivity index (χ1v) is 6.50. The number of hydrogen-bond donors (Lipinski definition) is 0. The predicted molar refractivity (Wildman–Crippen MR) is 52.9 cm³/mol. The Morgan fingerprint density at radius 2 is 2.23 bits per heavy atom. The van der Waals surface area contributed by atoms with Gasteiger partial charge < -0.3 is 0 Å². The third-order valence-electron chi connectivity index (χ3n) is 2.27. The molecule has 2 aliphatic rings. The van der Waals surface area contributed by atoms with E-state index in [1.807, 2.05) is 0 Å². The molecule has 0 spiro atoms. The normalized spacial score (nSPS) is 20.5. The van der Waals surface area contributed by atoms with Crippen molar-refractivity contribution >= 4 is 0 Å². The fourth-order valence-corrected chi connectivity index (χ4v) is 4.02. The zero-order valence-corrected chi connectivity index (χ0v) is 9.60. The molecule has 70 valence electrons. The van der Waals surface area contributed by atoms with E-state index in [2.05, 4.69) is 37.3 Å². The van der Waals surface area contributed by atoms with Crippen molar-refractivity contribution < 1.29 is 17.1 Å². The second-order valence-corrected chi connectivity index (χ2v) is 5.79. The summed E-state index contributed by atoms with van der Waals surface area (Å²) in [5.41, 5.74) is 1.60. The van der Waals surface area contributed by atoms with Crippen LogP contribution in [-0.4, -0.2) is 0 Å². The second kappa shape index (κ2) is 4.20. The van der Waals surface area contributed by atoms with Crippen molar-refractivity contribution in [3.8, 4) is 0 Å². The van der Waals surface area contributed by atoms with Gasteiger partial charge in [-0.3, -0.25) is 0 Å². The molecule has 0 aromatic rings. The molecule has 1 heteroatoms. The van der Waals surface area contributed by atoms with Crippen molar-refractivity contribution in [2.24, 2.45) is 0 Å². The molecule has 0 N–H and O–H groups in total. The van der Waals surface area contributed by atoms with Crippen LogP contribution < -0.4 is 0 Å². The van der Waals surface area contributed by atoms with Crippen LogP contribution in [0, 0.1) is 0 Å². The Bertz CT molecular complexity index is 316. The van der Waals surface area contributed by atoms with E-state index in [0.29, 0.717) is 17.1 Å². The van der Waals surface area contributed by atoms with E-state index in [4.69, 9.17) is 0 Å². The minimum atomic E-state index is 0.371. The molecule has 0 fully saturated rings. The second-order valence-electron chi connectivity index (χ2n) is 3.19. The van der Waals surface area contributed by atoms with Crippen LogP contribution in [0.1, 0.15) is 26.2 Å². The van der Waals surface area contributed by atoms with Crippen LogP contribution in [0.3, 0.4) is 0 Å². The standard InChI is InChI=1S/C7H9.C5H5.Ru/c1-2-7-5-3-4-6-7;1-2-4-5-3-1;/h3,5H,2,4H2,1H3;1-3H,4H2;. The summed E-state index contributed by atoms with van der Waals surface area (Å²) in [5, 5.41) is 0. The summed E-state index contributed by atoms with van der Waals surface area (Å²) in [6, 6.07) is 0. The van der Waals surface area contributed by atoms with Crippen LogP contribution in [-0.2, 0) is 17.1 Å². The van der Waals surface area contributed by atoms with Crippen LogP contribution in [0.2, 0.25) is 0 Å². The Hall–Kier alpha value is -0.417. The van der Waals surface area contributed by atoms with E-state index in [1.165, 1.54) is 19.3 Å². The molecule has 13 heavy (non-hydrogen) atoms. The van der Waals surface area contributed by atoms with E-state index in [1.54, 1.807) is 13.9 Å². The predicted octanol–water partition coefficient (Wildman–Crippen LogP) is 3.54. The first-order chi connectivity index (χ1) is 6.40. The van der Waals surface area contributed by atoms with Gasteiger partial charge in [0.25, 0.3) is 0 Å². The maximum atomic E-state index is 2.31. The maximum absolute atomic E-state index is 2.31. The van der Waals surface area contributed by atoms with Crippen molar-refractivity contribution in [1.29, 1.82) is 0 Å².